The highest BCUT2D eigenvalue weighted by Gasteiger charge is 2.22. The van der Waals surface area contributed by atoms with E-state index in [1.54, 1.807) is 0 Å². The zero-order valence-corrected chi connectivity index (χ0v) is 13.9. The maximum absolute atomic E-state index is 2.41. The second kappa shape index (κ2) is 11.1. The summed E-state index contributed by atoms with van der Waals surface area (Å²) in [7, 11) is 0. The average molecular weight is 262 g/mol. The van der Waals surface area contributed by atoms with Gasteiger partial charge in [-0.25, -0.2) is 0 Å². The maximum atomic E-state index is 2.41. The molecule has 1 saturated carbocycles. The van der Waals surface area contributed by atoms with E-state index in [2.05, 4.69) is 58.1 Å². The molecular weight excluding hydrogens is 228 g/mol. The minimum absolute atomic E-state index is 0.779. The summed E-state index contributed by atoms with van der Waals surface area (Å²) >= 11 is 0. The summed E-state index contributed by atoms with van der Waals surface area (Å²) in [6.45, 7) is 13.1. The first-order valence-electron chi connectivity index (χ1n) is 8.12. The van der Waals surface area contributed by atoms with Gasteiger partial charge in [-0.15, -0.1) is 0 Å². The Morgan fingerprint density at radius 3 is 2.16 bits per heavy atom. The standard InChI is InChI=1S/C17H28.C2H6/c1-5-7-8-9-16(6-2)17-11-10-14(3)12-15(4)13-17;1-2/h5-9,14-15,17H,10-13H2,1-4H3;1-2H3/b7-5-,9-8-,16-6+;. The van der Waals surface area contributed by atoms with Crippen LogP contribution < -0.4 is 0 Å². The molecule has 1 aliphatic rings. The Balaban J connectivity index is 0.00000154. The molecule has 0 saturated heterocycles. The SMILES string of the molecule is CC.C\C=C/C=C\C(=C/C)C1CCC(C)CC(C)C1. The second-order valence-corrected chi connectivity index (χ2v) is 5.63. The second-order valence-electron chi connectivity index (χ2n) is 5.63. The van der Waals surface area contributed by atoms with E-state index in [1.165, 1.54) is 31.3 Å². The molecule has 3 unspecified atom stereocenters. The number of hydrogen-bond acceptors (Lipinski definition) is 0. The van der Waals surface area contributed by atoms with Crippen molar-refractivity contribution < 1.29 is 0 Å². The molecule has 0 aliphatic heterocycles. The van der Waals surface area contributed by atoms with E-state index in [-0.39, 0.29) is 0 Å². The molecule has 0 aromatic heterocycles. The molecule has 1 rings (SSSR count). The molecule has 0 aromatic carbocycles. The van der Waals surface area contributed by atoms with Crippen molar-refractivity contribution in [2.45, 2.75) is 67.2 Å². The van der Waals surface area contributed by atoms with Gasteiger partial charge in [0.05, 0.1) is 0 Å². The van der Waals surface area contributed by atoms with Gasteiger partial charge in [0, 0.05) is 0 Å². The van der Waals surface area contributed by atoms with Gasteiger partial charge in [-0.2, -0.15) is 0 Å². The Kier molecular flexibility index (Phi) is 10.6. The Morgan fingerprint density at radius 1 is 0.895 bits per heavy atom. The number of hydrogen-bond donors (Lipinski definition) is 0. The van der Waals surface area contributed by atoms with Crippen molar-refractivity contribution in [2.24, 2.45) is 17.8 Å². The Labute approximate surface area is 121 Å². The fourth-order valence-electron chi connectivity index (χ4n) is 3.04. The van der Waals surface area contributed by atoms with E-state index in [1.807, 2.05) is 13.8 Å². The van der Waals surface area contributed by atoms with Gasteiger partial charge in [0.15, 0.2) is 0 Å². The molecule has 110 valence electrons. The number of allylic oxidation sites excluding steroid dienone is 6. The number of rotatable bonds is 3. The van der Waals surface area contributed by atoms with Crippen molar-refractivity contribution in [3.63, 3.8) is 0 Å². The summed E-state index contributed by atoms with van der Waals surface area (Å²) in [6.07, 6.45) is 16.5. The maximum Gasteiger partial charge on any atom is -0.0163 e. The predicted molar refractivity (Wildman–Crippen MR) is 89.3 cm³/mol. The molecular formula is C19H34. The third-order valence-corrected chi connectivity index (χ3v) is 3.90. The predicted octanol–water partition coefficient (Wildman–Crippen LogP) is 6.55. The minimum atomic E-state index is 0.779. The summed E-state index contributed by atoms with van der Waals surface area (Å²) in [5.74, 6) is 2.57. The summed E-state index contributed by atoms with van der Waals surface area (Å²) in [6, 6.07) is 0. The van der Waals surface area contributed by atoms with Crippen LogP contribution in [0.25, 0.3) is 0 Å². The van der Waals surface area contributed by atoms with Crippen LogP contribution in [0, 0.1) is 17.8 Å². The van der Waals surface area contributed by atoms with Crippen molar-refractivity contribution in [1.29, 1.82) is 0 Å². The molecule has 0 heteroatoms. The lowest BCUT2D eigenvalue weighted by Crippen LogP contribution is -2.05. The van der Waals surface area contributed by atoms with Crippen LogP contribution in [0.3, 0.4) is 0 Å². The van der Waals surface area contributed by atoms with E-state index < -0.39 is 0 Å². The molecule has 0 N–H and O–H groups in total. The molecule has 0 bridgehead atoms. The monoisotopic (exact) mass is 262 g/mol. The molecule has 0 heterocycles. The average Bonchev–Trinajstić information content (AvgIpc) is 2.58. The highest BCUT2D eigenvalue weighted by Crippen LogP contribution is 2.35. The van der Waals surface area contributed by atoms with Crippen LogP contribution in [0.5, 0.6) is 0 Å². The molecule has 1 fully saturated rings. The van der Waals surface area contributed by atoms with Crippen molar-refractivity contribution in [1.82, 2.24) is 0 Å². The van der Waals surface area contributed by atoms with Crippen molar-refractivity contribution >= 4 is 0 Å². The van der Waals surface area contributed by atoms with E-state index in [9.17, 15) is 0 Å². The van der Waals surface area contributed by atoms with Gasteiger partial charge in [0.1, 0.15) is 0 Å². The molecule has 0 spiro atoms. The van der Waals surface area contributed by atoms with Crippen molar-refractivity contribution in [3.05, 3.63) is 36.0 Å². The van der Waals surface area contributed by atoms with Crippen LogP contribution in [-0.2, 0) is 0 Å². The highest BCUT2D eigenvalue weighted by molar-refractivity contribution is 5.24. The third kappa shape index (κ3) is 7.40. The molecule has 1 aliphatic carbocycles. The summed E-state index contributed by atoms with van der Waals surface area (Å²) in [5, 5.41) is 0. The van der Waals surface area contributed by atoms with Crippen molar-refractivity contribution in [2.75, 3.05) is 0 Å². The van der Waals surface area contributed by atoms with E-state index in [0.717, 1.165) is 17.8 Å². The Bertz CT molecular complexity index is 293. The van der Waals surface area contributed by atoms with Gasteiger partial charge < -0.3 is 0 Å². The Hall–Kier alpha value is -0.780. The van der Waals surface area contributed by atoms with Crippen LogP contribution in [0.4, 0.5) is 0 Å². The van der Waals surface area contributed by atoms with Gasteiger partial charge >= 0.3 is 0 Å². The van der Waals surface area contributed by atoms with Crippen LogP contribution in [-0.4, -0.2) is 0 Å². The molecule has 3 atom stereocenters. The zero-order valence-electron chi connectivity index (χ0n) is 13.9. The molecule has 0 radical (unpaired) electrons. The molecule has 19 heavy (non-hydrogen) atoms. The van der Waals surface area contributed by atoms with Crippen LogP contribution in [0.1, 0.15) is 67.2 Å². The fraction of sp³-hybridized carbons (Fsp3) is 0.684. The van der Waals surface area contributed by atoms with Gasteiger partial charge in [0.2, 0.25) is 0 Å². The largest absolute Gasteiger partial charge is 0.0877 e. The first-order valence-corrected chi connectivity index (χ1v) is 8.12. The van der Waals surface area contributed by atoms with Gasteiger partial charge in [-0.05, 0) is 56.4 Å². The van der Waals surface area contributed by atoms with Crippen molar-refractivity contribution in [3.8, 4) is 0 Å². The molecule has 0 nitrogen and oxygen atoms in total. The van der Waals surface area contributed by atoms with E-state index >= 15 is 0 Å². The van der Waals surface area contributed by atoms with E-state index in [0.29, 0.717) is 0 Å². The van der Waals surface area contributed by atoms with Gasteiger partial charge in [-0.1, -0.05) is 64.5 Å². The summed E-state index contributed by atoms with van der Waals surface area (Å²) in [4.78, 5) is 0. The zero-order chi connectivity index (χ0) is 14.7. The smallest absolute Gasteiger partial charge is 0.0163 e. The summed E-state index contributed by atoms with van der Waals surface area (Å²) in [5.41, 5.74) is 1.53. The first kappa shape index (κ1) is 18.2. The van der Waals surface area contributed by atoms with Gasteiger partial charge in [0.25, 0.3) is 0 Å². The normalized spacial score (nSPS) is 29.2. The van der Waals surface area contributed by atoms with E-state index in [4.69, 9.17) is 0 Å². The highest BCUT2D eigenvalue weighted by atomic mass is 14.3. The van der Waals surface area contributed by atoms with Crippen LogP contribution in [0.2, 0.25) is 0 Å². The van der Waals surface area contributed by atoms with Gasteiger partial charge in [-0.3, -0.25) is 0 Å². The van der Waals surface area contributed by atoms with Crippen LogP contribution in [0.15, 0.2) is 36.0 Å². The lowest BCUT2D eigenvalue weighted by Gasteiger charge is -2.18. The summed E-state index contributed by atoms with van der Waals surface area (Å²) < 4.78 is 0. The fourth-order valence-corrected chi connectivity index (χ4v) is 3.04. The lowest BCUT2D eigenvalue weighted by molar-refractivity contribution is 0.412. The quantitative estimate of drug-likeness (QED) is 0.399. The Morgan fingerprint density at radius 2 is 1.58 bits per heavy atom. The topological polar surface area (TPSA) is 0 Å². The molecule has 0 aromatic rings. The third-order valence-electron chi connectivity index (χ3n) is 3.90. The molecule has 0 amide bonds. The lowest BCUT2D eigenvalue weighted by atomic mass is 9.87. The minimum Gasteiger partial charge on any atom is -0.0877 e. The van der Waals surface area contributed by atoms with Crippen LogP contribution >= 0.6 is 0 Å². The first-order chi connectivity index (χ1) is 9.17.